The van der Waals surface area contributed by atoms with Crippen molar-refractivity contribution >= 4 is 23.4 Å². The fourth-order valence-corrected chi connectivity index (χ4v) is 5.30. The average molecular weight is 474 g/mol. The van der Waals surface area contributed by atoms with Crippen LogP contribution in [0.4, 0.5) is 0 Å². The molecule has 2 aliphatic rings. The van der Waals surface area contributed by atoms with Crippen LogP contribution in [0.3, 0.4) is 0 Å². The second-order valence-corrected chi connectivity index (χ2v) is 11.2. The van der Waals surface area contributed by atoms with E-state index in [1.165, 1.54) is 40.5 Å². The van der Waals surface area contributed by atoms with Crippen molar-refractivity contribution in [1.29, 1.82) is 0 Å². The molecule has 2 N–H and O–H groups in total. The van der Waals surface area contributed by atoms with Crippen LogP contribution in [0.1, 0.15) is 89.9 Å². The first-order valence-corrected chi connectivity index (χ1v) is 12.2. The molecule has 2 aromatic carbocycles. The van der Waals surface area contributed by atoms with Gasteiger partial charge in [0.2, 0.25) is 0 Å². The number of phenols is 1. The number of carbonyl (C=O) groups excluding carboxylic acids is 1. The van der Waals surface area contributed by atoms with Crippen LogP contribution in [0.25, 0.3) is 11.6 Å². The summed E-state index contributed by atoms with van der Waals surface area (Å²) >= 11 is 0. The van der Waals surface area contributed by atoms with E-state index in [2.05, 4.69) is 57.9 Å². The first-order valence-electron chi connectivity index (χ1n) is 12.2. The number of aromatic hydroxyl groups is 1. The zero-order chi connectivity index (χ0) is 25.5. The van der Waals surface area contributed by atoms with Gasteiger partial charge < -0.3 is 15.1 Å². The second kappa shape index (κ2) is 9.12. The Morgan fingerprint density at radius 1 is 1.03 bits per heavy atom. The van der Waals surface area contributed by atoms with Crippen LogP contribution < -0.4 is 0 Å². The van der Waals surface area contributed by atoms with Crippen molar-refractivity contribution < 1.29 is 19.8 Å². The lowest BCUT2D eigenvalue weighted by atomic mass is 9.61. The van der Waals surface area contributed by atoms with E-state index in [4.69, 9.17) is 5.11 Å². The molecule has 0 radical (unpaired) electrons. The lowest BCUT2D eigenvalue weighted by Crippen LogP contribution is -2.35. The SMILES string of the molecule is CN1CC=C(c2cc(C(=O)/C=C\c3ccc(C(=O)O)c(O)c3)cc3c2C(C)(C)CCC3(C)C)CC1. The van der Waals surface area contributed by atoms with Gasteiger partial charge >= 0.3 is 5.97 Å². The van der Waals surface area contributed by atoms with Gasteiger partial charge in [0.1, 0.15) is 11.3 Å². The number of carbonyl (C=O) groups is 2. The Bertz CT molecular complexity index is 1250. The predicted molar refractivity (Wildman–Crippen MR) is 140 cm³/mol. The maximum Gasteiger partial charge on any atom is 0.339 e. The third kappa shape index (κ3) is 4.96. The molecule has 1 heterocycles. The maximum absolute atomic E-state index is 13.4. The van der Waals surface area contributed by atoms with Gasteiger partial charge in [0.05, 0.1) is 0 Å². The molecule has 1 aliphatic carbocycles. The van der Waals surface area contributed by atoms with Gasteiger partial charge in [0.25, 0.3) is 0 Å². The second-order valence-electron chi connectivity index (χ2n) is 11.2. The minimum atomic E-state index is -1.19. The Morgan fingerprint density at radius 2 is 1.74 bits per heavy atom. The fraction of sp³-hybridized carbons (Fsp3) is 0.400. The molecule has 0 spiro atoms. The van der Waals surface area contributed by atoms with Crippen LogP contribution in [0.2, 0.25) is 0 Å². The van der Waals surface area contributed by atoms with Crippen molar-refractivity contribution in [2.75, 3.05) is 20.1 Å². The van der Waals surface area contributed by atoms with Gasteiger partial charge in [-0.05, 0) is 95.3 Å². The lowest BCUT2D eigenvalue weighted by molar-refractivity contribution is 0.0693. The zero-order valence-corrected chi connectivity index (χ0v) is 21.3. The third-order valence-electron chi connectivity index (χ3n) is 7.64. The molecular formula is C30H35NO4. The van der Waals surface area contributed by atoms with E-state index < -0.39 is 5.97 Å². The molecule has 5 nitrogen and oxygen atoms in total. The van der Waals surface area contributed by atoms with Crippen LogP contribution in [0.5, 0.6) is 5.75 Å². The van der Waals surface area contributed by atoms with E-state index >= 15 is 0 Å². The number of hydrogen-bond acceptors (Lipinski definition) is 4. The average Bonchev–Trinajstić information content (AvgIpc) is 2.80. The van der Waals surface area contributed by atoms with Crippen LogP contribution in [0, 0.1) is 0 Å². The Morgan fingerprint density at radius 3 is 2.37 bits per heavy atom. The number of aromatic carboxylic acids is 1. The summed E-state index contributed by atoms with van der Waals surface area (Å²) in [6.07, 6.45) is 8.56. The quantitative estimate of drug-likeness (QED) is 0.408. The van der Waals surface area contributed by atoms with Gasteiger partial charge in [0.15, 0.2) is 5.78 Å². The molecular weight excluding hydrogens is 438 g/mol. The standard InChI is InChI=1S/C30H35NO4/c1-29(2)12-13-30(3,4)27-23(20-10-14-31(5)15-11-20)17-21(18-24(27)29)25(32)9-7-19-6-8-22(28(34)35)26(33)16-19/h6-10,16-18,33H,11-15H2,1-5H3,(H,34,35)/b9-7-. The summed E-state index contributed by atoms with van der Waals surface area (Å²) in [5.41, 5.74) is 6.22. The van der Waals surface area contributed by atoms with Crippen molar-refractivity contribution in [3.05, 3.63) is 75.9 Å². The van der Waals surface area contributed by atoms with Crippen LogP contribution in [-0.4, -0.2) is 47.0 Å². The van der Waals surface area contributed by atoms with Crippen molar-refractivity contribution in [2.45, 2.75) is 57.8 Å². The van der Waals surface area contributed by atoms with Gasteiger partial charge in [-0.15, -0.1) is 0 Å². The molecule has 4 rings (SSSR count). The number of hydrogen-bond donors (Lipinski definition) is 2. The normalized spacial score (nSPS) is 19.3. The molecule has 0 atom stereocenters. The Labute approximate surface area is 207 Å². The topological polar surface area (TPSA) is 77.8 Å². The van der Waals surface area contributed by atoms with Gasteiger partial charge in [-0.2, -0.15) is 0 Å². The summed E-state index contributed by atoms with van der Waals surface area (Å²) in [7, 11) is 2.13. The summed E-state index contributed by atoms with van der Waals surface area (Å²) in [5.74, 6) is -1.62. The van der Waals surface area contributed by atoms with E-state index in [1.54, 1.807) is 12.1 Å². The number of benzene rings is 2. The van der Waals surface area contributed by atoms with E-state index in [0.29, 0.717) is 11.1 Å². The number of rotatable bonds is 5. The summed E-state index contributed by atoms with van der Waals surface area (Å²) in [4.78, 5) is 26.8. The molecule has 1 aliphatic heterocycles. The minimum absolute atomic E-state index is 0.0237. The first kappa shape index (κ1) is 24.9. The Kier molecular flexibility index (Phi) is 6.50. The Balaban J connectivity index is 1.78. The van der Waals surface area contributed by atoms with Gasteiger partial charge in [-0.1, -0.05) is 45.9 Å². The van der Waals surface area contributed by atoms with Crippen LogP contribution in [-0.2, 0) is 10.8 Å². The molecule has 0 saturated carbocycles. The van der Waals surface area contributed by atoms with Crippen LogP contribution in [0.15, 0.2) is 42.5 Å². The summed E-state index contributed by atoms with van der Waals surface area (Å²) in [5, 5.41) is 19.1. The summed E-state index contributed by atoms with van der Waals surface area (Å²) in [6, 6.07) is 8.43. The highest BCUT2D eigenvalue weighted by Crippen LogP contribution is 2.49. The van der Waals surface area contributed by atoms with E-state index in [-0.39, 0.29) is 27.9 Å². The van der Waals surface area contributed by atoms with E-state index in [1.807, 2.05) is 0 Å². The van der Waals surface area contributed by atoms with Crippen molar-refractivity contribution in [3.8, 4) is 5.75 Å². The number of ketones is 1. The van der Waals surface area contributed by atoms with E-state index in [9.17, 15) is 14.7 Å². The molecule has 0 aromatic heterocycles. The van der Waals surface area contributed by atoms with E-state index in [0.717, 1.165) is 32.4 Å². The van der Waals surface area contributed by atoms with Crippen molar-refractivity contribution in [1.82, 2.24) is 4.90 Å². The molecule has 5 heteroatoms. The lowest BCUT2D eigenvalue weighted by Gasteiger charge is -2.44. The highest BCUT2D eigenvalue weighted by molar-refractivity contribution is 6.07. The molecule has 0 fully saturated rings. The molecule has 0 amide bonds. The number of nitrogens with zero attached hydrogens (tertiary/aromatic N) is 1. The maximum atomic E-state index is 13.4. The monoisotopic (exact) mass is 473 g/mol. The molecule has 2 aromatic rings. The number of fused-ring (bicyclic) bond motifs is 1. The largest absolute Gasteiger partial charge is 0.507 e. The summed E-state index contributed by atoms with van der Waals surface area (Å²) < 4.78 is 0. The fourth-order valence-electron chi connectivity index (χ4n) is 5.30. The molecule has 0 saturated heterocycles. The number of carboxylic acid groups (broad SMARTS) is 1. The third-order valence-corrected chi connectivity index (χ3v) is 7.64. The summed E-state index contributed by atoms with van der Waals surface area (Å²) in [6.45, 7) is 11.1. The molecule has 184 valence electrons. The highest BCUT2D eigenvalue weighted by Gasteiger charge is 2.39. The zero-order valence-electron chi connectivity index (χ0n) is 21.3. The molecule has 35 heavy (non-hydrogen) atoms. The minimum Gasteiger partial charge on any atom is -0.507 e. The first-order chi connectivity index (χ1) is 16.4. The van der Waals surface area contributed by atoms with Gasteiger partial charge in [-0.25, -0.2) is 4.79 Å². The van der Waals surface area contributed by atoms with Gasteiger partial charge in [-0.3, -0.25) is 4.79 Å². The number of likely N-dealkylation sites (N-methyl/N-ethyl adjacent to an activating group) is 1. The van der Waals surface area contributed by atoms with Gasteiger partial charge in [0, 0.05) is 18.7 Å². The van der Waals surface area contributed by atoms with Crippen LogP contribution >= 0.6 is 0 Å². The van der Waals surface area contributed by atoms with Crippen molar-refractivity contribution in [2.24, 2.45) is 0 Å². The number of carboxylic acids is 1. The van der Waals surface area contributed by atoms with Crippen molar-refractivity contribution in [3.63, 3.8) is 0 Å². The molecule has 0 unspecified atom stereocenters. The number of allylic oxidation sites excluding steroid dienone is 1. The smallest absolute Gasteiger partial charge is 0.339 e. The highest BCUT2D eigenvalue weighted by atomic mass is 16.4. The predicted octanol–water partition coefficient (Wildman–Crippen LogP) is 6.05. The molecule has 0 bridgehead atoms. The Hall–Kier alpha value is -3.18.